The third kappa shape index (κ3) is 2.46. The summed E-state index contributed by atoms with van der Waals surface area (Å²) in [6.45, 7) is 0. The van der Waals surface area contributed by atoms with E-state index < -0.39 is 11.9 Å². The lowest BCUT2D eigenvalue weighted by molar-refractivity contribution is 0.551. The van der Waals surface area contributed by atoms with Crippen molar-refractivity contribution in [3.05, 3.63) is 81.9 Å². The van der Waals surface area contributed by atoms with E-state index in [-0.39, 0.29) is 0 Å². The number of benzene rings is 2. The quantitative estimate of drug-likeness (QED) is 0.714. The Kier molecular flexibility index (Phi) is 3.75. The van der Waals surface area contributed by atoms with E-state index in [0.29, 0.717) is 21.6 Å². The lowest BCUT2D eigenvalue weighted by Gasteiger charge is -2.25. The van der Waals surface area contributed by atoms with Gasteiger partial charge in [-0.15, -0.1) is 0 Å². The van der Waals surface area contributed by atoms with Crippen LogP contribution in [0.1, 0.15) is 17.2 Å². The van der Waals surface area contributed by atoms with Gasteiger partial charge in [-0.2, -0.15) is 10.1 Å². The highest BCUT2D eigenvalue weighted by Crippen LogP contribution is 2.37. The monoisotopic (exact) mass is 360 g/mol. The molecule has 0 saturated heterocycles. The molecule has 0 spiro atoms. The number of allylic oxidation sites excluding steroid dienone is 1. The highest BCUT2D eigenvalue weighted by atomic mass is 35.5. The number of fused-ring (bicyclic) bond motifs is 1. The molecule has 0 saturated carbocycles. The summed E-state index contributed by atoms with van der Waals surface area (Å²) in [4.78, 5) is 4.19. The summed E-state index contributed by atoms with van der Waals surface area (Å²) in [7, 11) is 0. The third-order valence-electron chi connectivity index (χ3n) is 3.87. The van der Waals surface area contributed by atoms with Crippen LogP contribution in [0.4, 0.5) is 10.3 Å². The van der Waals surface area contributed by atoms with Gasteiger partial charge >= 0.3 is 0 Å². The van der Waals surface area contributed by atoms with E-state index in [1.807, 2.05) is 24.3 Å². The largest absolute Gasteiger partial charge is 0.324 e. The van der Waals surface area contributed by atoms with Crippen molar-refractivity contribution in [2.24, 2.45) is 0 Å². The van der Waals surface area contributed by atoms with Gasteiger partial charge in [-0.25, -0.2) is 9.07 Å². The minimum Gasteiger partial charge on any atom is -0.324 e. The Labute approximate surface area is 147 Å². The van der Waals surface area contributed by atoms with Gasteiger partial charge in [-0.1, -0.05) is 47.5 Å². The molecule has 0 bridgehead atoms. The van der Waals surface area contributed by atoms with E-state index in [0.717, 1.165) is 11.3 Å². The Hall–Kier alpha value is -2.37. The lowest BCUT2D eigenvalue weighted by atomic mass is 10.0. The highest BCUT2D eigenvalue weighted by Gasteiger charge is 2.27. The molecule has 0 aliphatic carbocycles. The lowest BCUT2D eigenvalue weighted by Crippen LogP contribution is -2.21. The third-order valence-corrected chi connectivity index (χ3v) is 4.53. The fourth-order valence-corrected chi connectivity index (χ4v) is 3.28. The van der Waals surface area contributed by atoms with E-state index in [1.165, 1.54) is 12.4 Å². The summed E-state index contributed by atoms with van der Waals surface area (Å²) in [6.07, 6.45) is 3.25. The minimum atomic E-state index is -0.524. The summed E-state index contributed by atoms with van der Waals surface area (Å²) >= 11 is 12.5. The number of nitrogens with one attached hydrogen (secondary N) is 1. The summed E-state index contributed by atoms with van der Waals surface area (Å²) in [6, 6.07) is 11.5. The molecule has 1 N–H and O–H groups in total. The number of nitrogens with zero attached hydrogens (tertiary/aromatic N) is 3. The second-order valence-corrected chi connectivity index (χ2v) is 6.11. The van der Waals surface area contributed by atoms with Crippen LogP contribution in [0.15, 0.2) is 54.9 Å². The molecule has 1 aliphatic heterocycles. The predicted octanol–water partition coefficient (Wildman–Crippen LogP) is 4.78. The van der Waals surface area contributed by atoms with Crippen molar-refractivity contribution in [3.63, 3.8) is 0 Å². The van der Waals surface area contributed by atoms with Crippen molar-refractivity contribution < 1.29 is 4.39 Å². The molecule has 0 radical (unpaired) electrons. The Morgan fingerprint density at radius 1 is 1.04 bits per heavy atom. The van der Waals surface area contributed by atoms with Gasteiger partial charge < -0.3 is 5.32 Å². The molecule has 1 aliphatic rings. The molecule has 4 rings (SSSR count). The maximum absolute atomic E-state index is 14.4. The van der Waals surface area contributed by atoms with Crippen LogP contribution in [0.5, 0.6) is 0 Å². The summed E-state index contributed by atoms with van der Waals surface area (Å²) in [5.41, 5.74) is 1.87. The predicted molar refractivity (Wildman–Crippen MR) is 92.6 cm³/mol. The summed E-state index contributed by atoms with van der Waals surface area (Å²) in [5, 5.41) is 8.28. The van der Waals surface area contributed by atoms with E-state index in [4.69, 9.17) is 23.2 Å². The second kappa shape index (κ2) is 5.92. The average Bonchev–Trinajstić information content (AvgIpc) is 3.03. The van der Waals surface area contributed by atoms with Crippen LogP contribution in [-0.4, -0.2) is 14.8 Å². The van der Waals surface area contributed by atoms with E-state index in [9.17, 15) is 4.39 Å². The fraction of sp³-hybridized carbons (Fsp3) is 0.0588. The first-order chi connectivity index (χ1) is 11.6. The molecular formula is C17H11Cl2FN4. The minimum absolute atomic E-state index is 0.332. The molecule has 3 aromatic rings. The molecular weight excluding hydrogens is 350 g/mol. The summed E-state index contributed by atoms with van der Waals surface area (Å²) < 4.78 is 16.0. The molecule has 1 atom stereocenters. The Morgan fingerprint density at radius 2 is 1.83 bits per heavy atom. The van der Waals surface area contributed by atoms with Crippen LogP contribution in [0.3, 0.4) is 0 Å². The average molecular weight is 361 g/mol. The first-order valence-corrected chi connectivity index (χ1v) is 7.98. The molecule has 0 amide bonds. The first-order valence-electron chi connectivity index (χ1n) is 7.22. The van der Waals surface area contributed by atoms with E-state index >= 15 is 0 Å². The topological polar surface area (TPSA) is 42.7 Å². The van der Waals surface area contributed by atoms with Gasteiger partial charge in [-0.05, 0) is 24.3 Å². The Bertz CT molecular complexity index is 931. The number of rotatable bonds is 2. The van der Waals surface area contributed by atoms with E-state index in [1.54, 1.807) is 22.9 Å². The van der Waals surface area contributed by atoms with Gasteiger partial charge in [-0.3, -0.25) is 0 Å². The Morgan fingerprint density at radius 3 is 2.62 bits per heavy atom. The molecule has 2 aromatic carbocycles. The first kappa shape index (κ1) is 15.2. The number of hydrogen-bond donors (Lipinski definition) is 1. The highest BCUT2D eigenvalue weighted by molar-refractivity contribution is 6.32. The van der Waals surface area contributed by atoms with Crippen molar-refractivity contribution in [3.8, 4) is 0 Å². The van der Waals surface area contributed by atoms with Crippen molar-refractivity contribution >= 4 is 34.8 Å². The van der Waals surface area contributed by atoms with Gasteiger partial charge in [0, 0.05) is 26.9 Å². The molecule has 1 unspecified atom stereocenters. The molecule has 4 nitrogen and oxygen atoms in total. The zero-order valence-electron chi connectivity index (χ0n) is 12.2. The number of anilines is 1. The molecule has 7 heteroatoms. The van der Waals surface area contributed by atoms with Crippen molar-refractivity contribution in [2.45, 2.75) is 6.04 Å². The number of hydrogen-bond acceptors (Lipinski definition) is 3. The molecule has 1 aromatic heterocycles. The van der Waals surface area contributed by atoms with E-state index in [2.05, 4.69) is 15.4 Å². The molecule has 2 heterocycles. The normalized spacial score (nSPS) is 16.3. The van der Waals surface area contributed by atoms with Gasteiger partial charge in [0.2, 0.25) is 5.95 Å². The fourth-order valence-electron chi connectivity index (χ4n) is 2.77. The van der Waals surface area contributed by atoms with Crippen molar-refractivity contribution in [2.75, 3.05) is 5.32 Å². The van der Waals surface area contributed by atoms with Crippen molar-refractivity contribution in [1.29, 1.82) is 0 Å². The van der Waals surface area contributed by atoms with Gasteiger partial charge in [0.15, 0.2) is 0 Å². The zero-order valence-corrected chi connectivity index (χ0v) is 13.8. The smallest absolute Gasteiger partial charge is 0.226 e. The summed E-state index contributed by atoms with van der Waals surface area (Å²) in [5.74, 6) is 0.0994. The van der Waals surface area contributed by atoms with Gasteiger partial charge in [0.05, 0.1) is 0 Å². The molecule has 120 valence electrons. The van der Waals surface area contributed by atoms with Crippen molar-refractivity contribution in [1.82, 2.24) is 14.8 Å². The van der Waals surface area contributed by atoms with Crippen LogP contribution in [0, 0.1) is 5.82 Å². The molecule has 24 heavy (non-hydrogen) atoms. The second-order valence-electron chi connectivity index (χ2n) is 5.29. The standard InChI is InChI=1S/C17H11Cl2FN4/c18-11-5-2-1-4-10(11)14-8-15(24-17(23-14)21-9-22-24)16-12(19)6-3-7-13(16)20/h1-9,15H,(H,21,22,23). The van der Waals surface area contributed by atoms with Gasteiger partial charge in [0.1, 0.15) is 18.2 Å². The molecule has 0 fully saturated rings. The Balaban J connectivity index is 1.91. The van der Waals surface area contributed by atoms with Gasteiger partial charge in [0.25, 0.3) is 0 Å². The van der Waals surface area contributed by atoms with Crippen LogP contribution in [0.25, 0.3) is 5.70 Å². The number of halogens is 3. The van der Waals surface area contributed by atoms with Crippen LogP contribution in [0.2, 0.25) is 10.0 Å². The number of aromatic nitrogens is 3. The maximum Gasteiger partial charge on any atom is 0.226 e. The van der Waals surface area contributed by atoms with Crippen LogP contribution in [-0.2, 0) is 0 Å². The maximum atomic E-state index is 14.4. The van der Waals surface area contributed by atoms with Crippen LogP contribution >= 0.6 is 23.2 Å². The zero-order chi connectivity index (χ0) is 16.7. The SMILES string of the molecule is Fc1cccc(Cl)c1C1C=C(c2ccccc2Cl)Nc2ncnn21. The van der Waals surface area contributed by atoms with Crippen LogP contribution < -0.4 is 5.32 Å².